The Bertz CT molecular complexity index is 1740. The predicted octanol–water partition coefficient (Wildman–Crippen LogP) is 8.94. The van der Waals surface area contributed by atoms with E-state index in [9.17, 15) is 9.90 Å². The molecule has 0 saturated carbocycles. The second kappa shape index (κ2) is 12.2. The van der Waals surface area contributed by atoms with E-state index in [1.54, 1.807) is 44.2 Å². The lowest BCUT2D eigenvalue weighted by molar-refractivity contribution is 0.0974. The van der Waals surface area contributed by atoms with Crippen LogP contribution in [-0.4, -0.2) is 16.0 Å². The van der Waals surface area contributed by atoms with Crippen LogP contribution in [0.15, 0.2) is 76.4 Å². The topological polar surface area (TPSA) is 87.8 Å². The molecule has 0 bridgehead atoms. The molecular formula is C36H40FN3O4. The lowest BCUT2D eigenvalue weighted by atomic mass is 9.83. The number of allylic oxidation sites excluding steroid dienone is 1. The van der Waals surface area contributed by atoms with Crippen molar-refractivity contribution in [1.82, 2.24) is 4.98 Å². The molecular weight excluding hydrogens is 557 g/mol. The Hall–Kier alpha value is -4.59. The molecule has 1 atom stereocenters. The fourth-order valence-corrected chi connectivity index (χ4v) is 5.62. The minimum Gasteiger partial charge on any atom is -0.506 e. The fraction of sp³-hybridized carbons (Fsp3) is 0.333. The average Bonchev–Trinajstić information content (AvgIpc) is 3.26. The average molecular weight is 598 g/mol. The number of carbonyl (C=O) groups is 1. The van der Waals surface area contributed by atoms with Gasteiger partial charge in [-0.25, -0.2) is 9.37 Å². The van der Waals surface area contributed by atoms with Crippen LogP contribution in [0.4, 0.5) is 15.8 Å². The highest BCUT2D eigenvalue weighted by Gasteiger charge is 2.39. The molecule has 1 amide bonds. The standard InChI is InChI=1S/C36H40FN3O4/c1-8-36(6,7)19-29-22(3)34(27-16-15-26(18-28(27)37)43-20-25-12-9-11-21(2)17-25)40(30-13-10-14-31(41)33(30)39-29)35(42)32-23(4)44-24(5)38-32/h9-18,34,39,41H,8,19-20H2,1-7H3. The number of anilines is 2. The molecule has 230 valence electrons. The van der Waals surface area contributed by atoms with Crippen LogP contribution in [0, 0.1) is 32.0 Å². The number of halogens is 1. The summed E-state index contributed by atoms with van der Waals surface area (Å²) in [6, 6.07) is 16.9. The van der Waals surface area contributed by atoms with Crippen LogP contribution < -0.4 is 15.0 Å². The Labute approximate surface area is 258 Å². The van der Waals surface area contributed by atoms with Gasteiger partial charge in [-0.2, -0.15) is 0 Å². The van der Waals surface area contributed by atoms with E-state index >= 15 is 4.39 Å². The number of hydrogen-bond donors (Lipinski definition) is 2. The molecule has 0 aliphatic carbocycles. The molecule has 1 aromatic heterocycles. The first kappa shape index (κ1) is 30.9. The van der Waals surface area contributed by atoms with Gasteiger partial charge in [0.15, 0.2) is 11.6 Å². The Morgan fingerprint density at radius 2 is 1.84 bits per heavy atom. The number of fused-ring (bicyclic) bond motifs is 1. The Kier molecular flexibility index (Phi) is 8.55. The molecule has 4 aromatic rings. The summed E-state index contributed by atoms with van der Waals surface area (Å²) in [5.41, 5.74) is 4.76. The Morgan fingerprint density at radius 1 is 1.09 bits per heavy atom. The summed E-state index contributed by atoms with van der Waals surface area (Å²) in [6.45, 7) is 14.0. The maximum Gasteiger partial charge on any atom is 0.281 e. The molecule has 0 fully saturated rings. The monoisotopic (exact) mass is 597 g/mol. The van der Waals surface area contributed by atoms with Crippen molar-refractivity contribution in [2.24, 2.45) is 5.41 Å². The van der Waals surface area contributed by atoms with E-state index in [-0.39, 0.29) is 16.9 Å². The second-order valence-electron chi connectivity index (χ2n) is 12.3. The van der Waals surface area contributed by atoms with Crippen molar-refractivity contribution in [3.05, 3.63) is 112 Å². The number of oxazole rings is 1. The Balaban J connectivity index is 1.66. The maximum absolute atomic E-state index is 16.3. The number of aryl methyl sites for hydroxylation is 3. The number of phenols is 1. The van der Waals surface area contributed by atoms with Gasteiger partial charge in [0, 0.05) is 24.3 Å². The first-order valence-corrected chi connectivity index (χ1v) is 14.9. The molecule has 8 heteroatoms. The van der Waals surface area contributed by atoms with Gasteiger partial charge in [0.25, 0.3) is 5.91 Å². The van der Waals surface area contributed by atoms with Gasteiger partial charge in [0.05, 0.1) is 11.7 Å². The van der Waals surface area contributed by atoms with Crippen LogP contribution >= 0.6 is 0 Å². The molecule has 3 aromatic carbocycles. The first-order valence-electron chi connectivity index (χ1n) is 14.9. The number of ether oxygens (including phenoxy) is 1. The molecule has 2 heterocycles. The van der Waals surface area contributed by atoms with E-state index in [0.717, 1.165) is 28.8 Å². The van der Waals surface area contributed by atoms with Gasteiger partial charge in [-0.15, -0.1) is 0 Å². The SMILES string of the molecule is CCC(C)(C)CC1=C(C)C(c2ccc(OCc3cccc(C)c3)cc2F)N(C(=O)c2nc(C)oc2C)c2cccc(O)c2N1. The molecule has 1 aliphatic rings. The summed E-state index contributed by atoms with van der Waals surface area (Å²) in [4.78, 5) is 20.3. The lowest BCUT2D eigenvalue weighted by Gasteiger charge is -2.33. The molecule has 7 nitrogen and oxygen atoms in total. The van der Waals surface area contributed by atoms with E-state index in [2.05, 4.69) is 31.1 Å². The van der Waals surface area contributed by atoms with Gasteiger partial charge in [-0.05, 0) is 68.0 Å². The van der Waals surface area contributed by atoms with Crippen molar-refractivity contribution in [2.45, 2.75) is 74.0 Å². The second-order valence-corrected chi connectivity index (χ2v) is 12.3. The maximum atomic E-state index is 16.3. The molecule has 5 rings (SSSR count). The van der Waals surface area contributed by atoms with Crippen LogP contribution in [0.3, 0.4) is 0 Å². The summed E-state index contributed by atoms with van der Waals surface area (Å²) in [5.74, 6) is 0.0958. The predicted molar refractivity (Wildman–Crippen MR) is 171 cm³/mol. The molecule has 44 heavy (non-hydrogen) atoms. The number of benzene rings is 3. The third-order valence-electron chi connectivity index (χ3n) is 8.39. The molecule has 0 saturated heterocycles. The number of rotatable bonds is 8. The lowest BCUT2D eigenvalue weighted by Crippen LogP contribution is -2.36. The van der Waals surface area contributed by atoms with Crippen LogP contribution in [0.25, 0.3) is 0 Å². The highest BCUT2D eigenvalue weighted by atomic mass is 19.1. The number of nitrogens with zero attached hydrogens (tertiary/aromatic N) is 2. The van der Waals surface area contributed by atoms with Crippen molar-refractivity contribution < 1.29 is 23.4 Å². The smallest absolute Gasteiger partial charge is 0.281 e. The molecule has 1 aliphatic heterocycles. The number of hydrogen-bond acceptors (Lipinski definition) is 6. The number of nitrogens with one attached hydrogen (secondary N) is 1. The van der Waals surface area contributed by atoms with Gasteiger partial charge < -0.3 is 19.6 Å². The van der Waals surface area contributed by atoms with E-state index in [4.69, 9.17) is 9.15 Å². The van der Waals surface area contributed by atoms with Gasteiger partial charge in [0.1, 0.15) is 35.4 Å². The van der Waals surface area contributed by atoms with Gasteiger partial charge >= 0.3 is 0 Å². The van der Waals surface area contributed by atoms with Crippen LogP contribution in [-0.2, 0) is 6.61 Å². The van der Waals surface area contributed by atoms with Gasteiger partial charge in [-0.3, -0.25) is 9.69 Å². The van der Waals surface area contributed by atoms with Gasteiger partial charge in [0.2, 0.25) is 0 Å². The van der Waals surface area contributed by atoms with E-state index in [1.807, 2.05) is 38.1 Å². The number of phenolic OH excluding ortho intramolecular Hbond substituents is 1. The fourth-order valence-electron chi connectivity index (χ4n) is 5.62. The highest BCUT2D eigenvalue weighted by Crippen LogP contribution is 2.48. The van der Waals surface area contributed by atoms with Crippen molar-refractivity contribution >= 4 is 17.3 Å². The Morgan fingerprint density at radius 3 is 2.50 bits per heavy atom. The zero-order valence-electron chi connectivity index (χ0n) is 26.4. The summed E-state index contributed by atoms with van der Waals surface area (Å²) < 4.78 is 27.9. The number of para-hydroxylation sites is 1. The highest BCUT2D eigenvalue weighted by molar-refractivity contribution is 6.09. The molecule has 1 unspecified atom stereocenters. The molecule has 0 spiro atoms. The van der Waals surface area contributed by atoms with Crippen LogP contribution in [0.5, 0.6) is 11.5 Å². The summed E-state index contributed by atoms with van der Waals surface area (Å²) in [5, 5.41) is 14.5. The third-order valence-corrected chi connectivity index (χ3v) is 8.39. The summed E-state index contributed by atoms with van der Waals surface area (Å²) in [7, 11) is 0. The molecule has 0 radical (unpaired) electrons. The van der Waals surface area contributed by atoms with E-state index in [0.29, 0.717) is 47.4 Å². The number of carbonyl (C=O) groups excluding carboxylic acids is 1. The van der Waals surface area contributed by atoms with Crippen molar-refractivity contribution in [2.75, 3.05) is 10.2 Å². The number of amides is 1. The first-order chi connectivity index (χ1) is 20.9. The minimum atomic E-state index is -0.858. The quantitative estimate of drug-likeness (QED) is 0.197. The normalized spacial score (nSPS) is 15.1. The van der Waals surface area contributed by atoms with Gasteiger partial charge in [-0.1, -0.05) is 63.1 Å². The summed E-state index contributed by atoms with van der Waals surface area (Å²) in [6.07, 6.45) is 1.51. The molecule has 2 N–H and O–H groups in total. The van der Waals surface area contributed by atoms with Crippen molar-refractivity contribution in [3.8, 4) is 11.5 Å². The van der Waals surface area contributed by atoms with Crippen molar-refractivity contribution in [1.29, 1.82) is 0 Å². The van der Waals surface area contributed by atoms with Crippen LogP contribution in [0.2, 0.25) is 0 Å². The number of aromatic nitrogens is 1. The van der Waals surface area contributed by atoms with Crippen molar-refractivity contribution in [3.63, 3.8) is 0 Å². The number of aromatic hydroxyl groups is 1. The largest absolute Gasteiger partial charge is 0.506 e. The zero-order valence-corrected chi connectivity index (χ0v) is 26.4. The summed E-state index contributed by atoms with van der Waals surface area (Å²) >= 11 is 0. The van der Waals surface area contributed by atoms with Crippen LogP contribution in [0.1, 0.15) is 85.4 Å². The zero-order chi connectivity index (χ0) is 31.8. The third kappa shape index (κ3) is 6.20. The minimum absolute atomic E-state index is 0.0195. The van der Waals surface area contributed by atoms with E-state index < -0.39 is 17.8 Å². The van der Waals surface area contributed by atoms with E-state index in [1.165, 1.54) is 11.0 Å².